The van der Waals surface area contributed by atoms with Gasteiger partial charge in [-0.25, -0.2) is 0 Å². The number of para-hydroxylation sites is 2. The number of halogens is 2. The van der Waals surface area contributed by atoms with Crippen LogP contribution in [0, 0.1) is 0 Å². The highest BCUT2D eigenvalue weighted by Gasteiger charge is 2.29. The molecule has 2 rings (SSSR count). The maximum absolute atomic E-state index is 13.2. The molecule has 1 unspecified atom stereocenters. The van der Waals surface area contributed by atoms with Gasteiger partial charge in [0.1, 0.15) is 6.04 Å². The third-order valence-electron chi connectivity index (χ3n) is 4.71. The number of ether oxygens (including phenoxy) is 2. The summed E-state index contributed by atoms with van der Waals surface area (Å²) in [5.74, 6) is 0.428. The first kappa shape index (κ1) is 24.8. The summed E-state index contributed by atoms with van der Waals surface area (Å²) in [6, 6.07) is 11.5. The smallest absolute Gasteiger partial charge is 0.261 e. The largest absolute Gasteiger partial charge is 0.493 e. The van der Waals surface area contributed by atoms with Crippen molar-refractivity contribution in [3.63, 3.8) is 0 Å². The van der Waals surface area contributed by atoms with Gasteiger partial charge >= 0.3 is 0 Å². The van der Waals surface area contributed by atoms with Crippen molar-refractivity contribution < 1.29 is 19.1 Å². The van der Waals surface area contributed by atoms with Gasteiger partial charge in [0.15, 0.2) is 18.1 Å². The van der Waals surface area contributed by atoms with Crippen molar-refractivity contribution in [3.8, 4) is 11.5 Å². The molecule has 2 amide bonds. The Morgan fingerprint density at radius 1 is 1.10 bits per heavy atom. The van der Waals surface area contributed by atoms with Gasteiger partial charge in [0.05, 0.1) is 7.11 Å². The molecule has 31 heavy (non-hydrogen) atoms. The van der Waals surface area contributed by atoms with Crippen LogP contribution in [0.4, 0.5) is 0 Å². The summed E-state index contributed by atoms with van der Waals surface area (Å²) in [6.07, 6.45) is 1.25. The second-order valence-corrected chi connectivity index (χ2v) is 7.76. The Bertz CT molecular complexity index is 892. The Labute approximate surface area is 193 Å². The summed E-state index contributed by atoms with van der Waals surface area (Å²) in [7, 11) is 1.53. The van der Waals surface area contributed by atoms with Crippen molar-refractivity contribution in [1.29, 1.82) is 0 Å². The van der Waals surface area contributed by atoms with Crippen molar-refractivity contribution in [2.24, 2.45) is 0 Å². The lowest BCUT2D eigenvalue weighted by molar-refractivity contribution is -0.143. The van der Waals surface area contributed by atoms with Gasteiger partial charge in [0.2, 0.25) is 5.91 Å². The minimum Gasteiger partial charge on any atom is -0.493 e. The van der Waals surface area contributed by atoms with Crippen LogP contribution in [0.1, 0.15) is 32.3 Å². The third kappa shape index (κ3) is 7.04. The molecule has 0 saturated carbocycles. The zero-order chi connectivity index (χ0) is 22.8. The number of carbonyl (C=O) groups excluding carboxylic acids is 2. The predicted octanol–water partition coefficient (Wildman–Crippen LogP) is 4.71. The van der Waals surface area contributed by atoms with Crippen LogP contribution in [0.25, 0.3) is 0 Å². The van der Waals surface area contributed by atoms with Gasteiger partial charge in [-0.1, -0.05) is 55.2 Å². The molecule has 0 radical (unpaired) electrons. The lowest BCUT2D eigenvalue weighted by Crippen LogP contribution is -2.50. The van der Waals surface area contributed by atoms with E-state index in [0.29, 0.717) is 40.1 Å². The van der Waals surface area contributed by atoms with E-state index in [9.17, 15) is 9.59 Å². The maximum Gasteiger partial charge on any atom is 0.261 e. The number of nitrogens with zero attached hydrogens (tertiary/aromatic N) is 1. The molecule has 0 heterocycles. The van der Waals surface area contributed by atoms with Gasteiger partial charge in [0, 0.05) is 23.1 Å². The molecular formula is C23H28Cl2N2O4. The Morgan fingerprint density at radius 2 is 1.81 bits per heavy atom. The minimum absolute atomic E-state index is 0.155. The monoisotopic (exact) mass is 466 g/mol. The molecule has 0 fully saturated rings. The van der Waals surface area contributed by atoms with E-state index in [1.165, 1.54) is 12.0 Å². The SMILES string of the molecule is CCCNC(=O)C(CC)N(Cc1ccc(Cl)cc1Cl)C(=O)COc1ccccc1OC. The minimum atomic E-state index is -0.660. The van der Waals surface area contributed by atoms with E-state index < -0.39 is 6.04 Å². The Morgan fingerprint density at radius 3 is 2.42 bits per heavy atom. The lowest BCUT2D eigenvalue weighted by atomic mass is 10.1. The van der Waals surface area contributed by atoms with Gasteiger partial charge in [-0.3, -0.25) is 9.59 Å². The Balaban J connectivity index is 2.26. The highest BCUT2D eigenvalue weighted by molar-refractivity contribution is 6.35. The number of hydrogen-bond donors (Lipinski definition) is 1. The predicted molar refractivity (Wildman–Crippen MR) is 123 cm³/mol. The lowest BCUT2D eigenvalue weighted by Gasteiger charge is -2.31. The normalized spacial score (nSPS) is 11.5. The molecule has 0 bridgehead atoms. The first-order valence-corrected chi connectivity index (χ1v) is 10.9. The molecule has 2 aromatic rings. The van der Waals surface area contributed by atoms with E-state index in [0.717, 1.165) is 6.42 Å². The van der Waals surface area contributed by atoms with E-state index >= 15 is 0 Å². The number of methoxy groups -OCH3 is 1. The van der Waals surface area contributed by atoms with Crippen LogP contribution in [0.3, 0.4) is 0 Å². The van der Waals surface area contributed by atoms with Crippen LogP contribution in [-0.4, -0.2) is 43.0 Å². The summed E-state index contributed by atoms with van der Waals surface area (Å²) in [5.41, 5.74) is 0.693. The zero-order valence-corrected chi connectivity index (χ0v) is 19.5. The number of benzene rings is 2. The highest BCUT2D eigenvalue weighted by atomic mass is 35.5. The molecule has 1 atom stereocenters. The summed E-state index contributed by atoms with van der Waals surface area (Å²) in [4.78, 5) is 27.4. The summed E-state index contributed by atoms with van der Waals surface area (Å²) >= 11 is 12.3. The standard InChI is InChI=1S/C23H28Cl2N2O4/c1-4-12-26-23(29)19(5-2)27(14-16-10-11-17(24)13-18(16)25)22(28)15-31-21-9-7-6-8-20(21)30-3/h6-11,13,19H,4-5,12,14-15H2,1-3H3,(H,26,29). The Kier molecular flexibility index (Phi) is 9.95. The van der Waals surface area contributed by atoms with Gasteiger partial charge < -0.3 is 19.7 Å². The molecule has 0 spiro atoms. The summed E-state index contributed by atoms with van der Waals surface area (Å²) in [5, 5.41) is 3.80. The molecule has 1 N–H and O–H groups in total. The van der Waals surface area contributed by atoms with Gasteiger partial charge in [-0.15, -0.1) is 0 Å². The van der Waals surface area contributed by atoms with E-state index in [1.54, 1.807) is 36.4 Å². The fourth-order valence-corrected chi connectivity index (χ4v) is 3.55. The van der Waals surface area contributed by atoms with Crippen LogP contribution in [0.5, 0.6) is 11.5 Å². The van der Waals surface area contributed by atoms with E-state index in [2.05, 4.69) is 5.32 Å². The van der Waals surface area contributed by atoms with Crippen LogP contribution in [0.2, 0.25) is 10.0 Å². The molecule has 0 aliphatic rings. The highest BCUT2D eigenvalue weighted by Crippen LogP contribution is 2.27. The van der Waals surface area contributed by atoms with Crippen LogP contribution in [0.15, 0.2) is 42.5 Å². The number of carbonyl (C=O) groups is 2. The quantitative estimate of drug-likeness (QED) is 0.520. The average molecular weight is 467 g/mol. The first-order chi connectivity index (χ1) is 14.9. The molecule has 0 aromatic heterocycles. The van der Waals surface area contributed by atoms with Crippen molar-refractivity contribution >= 4 is 35.0 Å². The fraction of sp³-hybridized carbons (Fsp3) is 0.391. The van der Waals surface area contributed by atoms with Crippen LogP contribution >= 0.6 is 23.2 Å². The second-order valence-electron chi connectivity index (χ2n) is 6.91. The fourth-order valence-electron chi connectivity index (χ4n) is 3.08. The first-order valence-electron chi connectivity index (χ1n) is 10.2. The maximum atomic E-state index is 13.2. The van der Waals surface area contributed by atoms with Crippen molar-refractivity contribution in [1.82, 2.24) is 10.2 Å². The number of amides is 2. The van der Waals surface area contributed by atoms with Crippen molar-refractivity contribution in [3.05, 3.63) is 58.1 Å². The van der Waals surface area contributed by atoms with Crippen LogP contribution < -0.4 is 14.8 Å². The molecule has 0 aliphatic heterocycles. The van der Waals surface area contributed by atoms with E-state index in [-0.39, 0.29) is 25.0 Å². The Hall–Kier alpha value is -2.44. The summed E-state index contributed by atoms with van der Waals surface area (Å²) in [6.45, 7) is 4.28. The third-order valence-corrected chi connectivity index (χ3v) is 5.30. The topological polar surface area (TPSA) is 67.9 Å². The van der Waals surface area contributed by atoms with Crippen LogP contribution in [-0.2, 0) is 16.1 Å². The van der Waals surface area contributed by atoms with Crippen molar-refractivity contribution in [2.75, 3.05) is 20.3 Å². The molecule has 6 nitrogen and oxygen atoms in total. The average Bonchev–Trinajstić information content (AvgIpc) is 2.77. The summed E-state index contributed by atoms with van der Waals surface area (Å²) < 4.78 is 11.0. The zero-order valence-electron chi connectivity index (χ0n) is 18.0. The molecule has 8 heteroatoms. The molecule has 2 aromatic carbocycles. The number of hydrogen-bond acceptors (Lipinski definition) is 4. The van der Waals surface area contributed by atoms with Gasteiger partial charge in [-0.05, 0) is 42.7 Å². The van der Waals surface area contributed by atoms with E-state index in [1.807, 2.05) is 19.9 Å². The number of rotatable bonds is 11. The van der Waals surface area contributed by atoms with E-state index in [4.69, 9.17) is 32.7 Å². The van der Waals surface area contributed by atoms with Crippen molar-refractivity contribution in [2.45, 2.75) is 39.3 Å². The molecule has 0 aliphatic carbocycles. The number of nitrogens with one attached hydrogen (secondary N) is 1. The van der Waals surface area contributed by atoms with Gasteiger partial charge in [-0.2, -0.15) is 0 Å². The molecule has 168 valence electrons. The second kappa shape index (κ2) is 12.4. The molecule has 0 saturated heterocycles. The molecular weight excluding hydrogens is 439 g/mol. The van der Waals surface area contributed by atoms with Gasteiger partial charge in [0.25, 0.3) is 5.91 Å².